The molecular formula is C18H19F2NO3S. The normalized spacial score (nSPS) is 17.9. The van der Waals surface area contributed by atoms with E-state index in [2.05, 4.69) is 0 Å². The van der Waals surface area contributed by atoms with Crippen LogP contribution in [-0.4, -0.2) is 27.8 Å². The minimum absolute atomic E-state index is 0.0556. The number of alkyl halides is 2. The summed E-state index contributed by atoms with van der Waals surface area (Å²) < 4.78 is 55.3. The number of halogens is 2. The average Bonchev–Trinajstić information content (AvgIpc) is 3.11. The van der Waals surface area contributed by atoms with E-state index in [0.717, 1.165) is 24.2 Å². The van der Waals surface area contributed by atoms with Crippen molar-refractivity contribution in [1.29, 1.82) is 0 Å². The van der Waals surface area contributed by atoms with Crippen molar-refractivity contribution in [3.05, 3.63) is 54.1 Å². The number of hydrogen-bond donors (Lipinski definition) is 0. The highest BCUT2D eigenvalue weighted by atomic mass is 32.2. The molecule has 1 heterocycles. The third kappa shape index (κ3) is 3.33. The van der Waals surface area contributed by atoms with E-state index in [9.17, 15) is 17.2 Å². The number of ether oxygens (including phenoxy) is 1. The molecule has 0 aromatic heterocycles. The van der Waals surface area contributed by atoms with Crippen LogP contribution in [0, 0.1) is 0 Å². The van der Waals surface area contributed by atoms with Crippen molar-refractivity contribution in [3.8, 4) is 5.75 Å². The summed E-state index contributed by atoms with van der Waals surface area (Å²) >= 11 is 0. The Bertz CT molecular complexity index is 838. The van der Waals surface area contributed by atoms with Crippen molar-refractivity contribution in [2.75, 3.05) is 18.6 Å². The number of anilines is 1. The molecular weight excluding hydrogens is 348 g/mol. The van der Waals surface area contributed by atoms with Gasteiger partial charge in [-0.25, -0.2) is 8.42 Å². The molecule has 1 fully saturated rings. The van der Waals surface area contributed by atoms with E-state index < -0.39 is 15.6 Å². The van der Waals surface area contributed by atoms with Crippen LogP contribution in [0.2, 0.25) is 0 Å². The Kier molecular flexibility index (Phi) is 4.94. The first-order chi connectivity index (χ1) is 11.9. The summed E-state index contributed by atoms with van der Waals surface area (Å²) in [6.07, 6.45) is 1.69. The van der Waals surface area contributed by atoms with Gasteiger partial charge in [0, 0.05) is 6.54 Å². The van der Waals surface area contributed by atoms with Crippen molar-refractivity contribution in [2.24, 2.45) is 0 Å². The fourth-order valence-electron chi connectivity index (χ4n) is 3.26. The van der Waals surface area contributed by atoms with E-state index in [1.54, 1.807) is 19.2 Å². The number of para-hydroxylation sites is 1. The van der Waals surface area contributed by atoms with E-state index in [0.29, 0.717) is 12.2 Å². The minimum Gasteiger partial charge on any atom is -0.497 e. The molecule has 1 aliphatic rings. The summed E-state index contributed by atoms with van der Waals surface area (Å²) in [6, 6.07) is 13.5. The van der Waals surface area contributed by atoms with Gasteiger partial charge in [0.2, 0.25) is 9.84 Å². The highest BCUT2D eigenvalue weighted by molar-refractivity contribution is 7.91. The predicted molar refractivity (Wildman–Crippen MR) is 91.9 cm³/mol. The van der Waals surface area contributed by atoms with Gasteiger partial charge in [-0.3, -0.25) is 0 Å². The third-order valence-electron chi connectivity index (χ3n) is 4.47. The Morgan fingerprint density at radius 1 is 1.12 bits per heavy atom. The van der Waals surface area contributed by atoms with Gasteiger partial charge in [0.25, 0.3) is 0 Å². The summed E-state index contributed by atoms with van der Waals surface area (Å²) in [5.74, 6) is -2.70. The molecule has 3 rings (SSSR count). The Morgan fingerprint density at radius 2 is 1.80 bits per heavy atom. The molecule has 0 radical (unpaired) electrons. The standard InChI is InChI=1S/C18H19F2NO3S/c1-24-14-10-8-13(9-11-14)15-6-4-12-21(15)16-5-2-3-7-17(16)25(22,23)18(19)20/h2-3,5,7-11,15,18H,4,6,12H2,1H3. The van der Waals surface area contributed by atoms with Gasteiger partial charge >= 0.3 is 5.76 Å². The molecule has 2 aromatic rings. The Labute approximate surface area is 146 Å². The van der Waals surface area contributed by atoms with Crippen molar-refractivity contribution < 1.29 is 21.9 Å². The van der Waals surface area contributed by atoms with Crippen LogP contribution in [0.4, 0.5) is 14.5 Å². The quantitative estimate of drug-likeness (QED) is 0.800. The van der Waals surface area contributed by atoms with Gasteiger partial charge < -0.3 is 9.64 Å². The lowest BCUT2D eigenvalue weighted by atomic mass is 10.0. The second kappa shape index (κ2) is 7.00. The van der Waals surface area contributed by atoms with Gasteiger partial charge in [-0.05, 0) is 42.7 Å². The van der Waals surface area contributed by atoms with E-state index >= 15 is 0 Å². The highest BCUT2D eigenvalue weighted by Crippen LogP contribution is 2.40. The van der Waals surface area contributed by atoms with Gasteiger partial charge in [0.1, 0.15) is 5.75 Å². The molecule has 1 atom stereocenters. The van der Waals surface area contributed by atoms with Gasteiger partial charge in [-0.1, -0.05) is 24.3 Å². The predicted octanol–water partition coefficient (Wildman–Crippen LogP) is 4.03. The monoisotopic (exact) mass is 367 g/mol. The first-order valence-electron chi connectivity index (χ1n) is 7.97. The molecule has 4 nitrogen and oxygen atoms in total. The molecule has 1 saturated heterocycles. The molecule has 7 heteroatoms. The lowest BCUT2D eigenvalue weighted by Crippen LogP contribution is -2.25. The minimum atomic E-state index is -4.66. The smallest absolute Gasteiger partial charge is 0.341 e. The van der Waals surface area contributed by atoms with Crippen molar-refractivity contribution in [3.63, 3.8) is 0 Å². The van der Waals surface area contributed by atoms with Crippen LogP contribution in [0.5, 0.6) is 5.75 Å². The lowest BCUT2D eigenvalue weighted by molar-refractivity contribution is 0.235. The molecule has 1 unspecified atom stereocenters. The molecule has 0 N–H and O–H groups in total. The molecule has 1 aliphatic heterocycles. The van der Waals surface area contributed by atoms with Gasteiger partial charge in [-0.2, -0.15) is 8.78 Å². The van der Waals surface area contributed by atoms with Crippen molar-refractivity contribution in [2.45, 2.75) is 29.5 Å². The maximum atomic E-state index is 13.0. The SMILES string of the molecule is COc1ccc(C2CCCN2c2ccccc2S(=O)(=O)C(F)F)cc1. The molecule has 2 aromatic carbocycles. The van der Waals surface area contributed by atoms with E-state index in [1.165, 1.54) is 12.1 Å². The van der Waals surface area contributed by atoms with Gasteiger partial charge in [0.05, 0.1) is 23.7 Å². The number of benzene rings is 2. The Morgan fingerprint density at radius 3 is 2.44 bits per heavy atom. The fourth-order valence-corrected chi connectivity index (χ4v) is 4.20. The maximum absolute atomic E-state index is 13.0. The van der Waals surface area contributed by atoms with Crippen molar-refractivity contribution >= 4 is 15.5 Å². The second-order valence-corrected chi connectivity index (χ2v) is 7.78. The van der Waals surface area contributed by atoms with Crippen molar-refractivity contribution in [1.82, 2.24) is 0 Å². The van der Waals surface area contributed by atoms with Gasteiger partial charge in [-0.15, -0.1) is 0 Å². The number of methoxy groups -OCH3 is 1. The average molecular weight is 367 g/mol. The van der Waals surface area contributed by atoms with Crippen LogP contribution in [0.1, 0.15) is 24.4 Å². The summed E-state index contributed by atoms with van der Waals surface area (Å²) in [6.45, 7) is 0.618. The third-order valence-corrected chi connectivity index (χ3v) is 5.90. The van der Waals surface area contributed by atoms with E-state index in [1.807, 2.05) is 29.2 Å². The summed E-state index contributed by atoms with van der Waals surface area (Å²) in [7, 11) is -3.07. The molecule has 0 saturated carbocycles. The summed E-state index contributed by atoms with van der Waals surface area (Å²) in [4.78, 5) is 1.59. The number of nitrogens with zero attached hydrogens (tertiary/aromatic N) is 1. The molecule has 134 valence electrons. The fraction of sp³-hybridized carbons (Fsp3) is 0.333. The zero-order valence-corrected chi connectivity index (χ0v) is 14.5. The van der Waals surface area contributed by atoms with E-state index in [-0.39, 0.29) is 10.9 Å². The number of hydrogen-bond acceptors (Lipinski definition) is 4. The largest absolute Gasteiger partial charge is 0.497 e. The lowest BCUT2D eigenvalue weighted by Gasteiger charge is -2.29. The van der Waals surface area contributed by atoms with Crippen LogP contribution < -0.4 is 9.64 Å². The number of sulfone groups is 1. The topological polar surface area (TPSA) is 46.6 Å². The molecule has 0 aliphatic carbocycles. The first-order valence-corrected chi connectivity index (χ1v) is 9.51. The molecule has 25 heavy (non-hydrogen) atoms. The van der Waals surface area contributed by atoms with E-state index in [4.69, 9.17) is 4.74 Å². The first kappa shape index (κ1) is 17.7. The van der Waals surface area contributed by atoms with Crippen LogP contribution in [0.3, 0.4) is 0 Å². The Hall–Kier alpha value is -2.15. The number of rotatable bonds is 5. The summed E-state index contributed by atoms with van der Waals surface area (Å²) in [5.41, 5.74) is 1.34. The Balaban J connectivity index is 2.01. The van der Waals surface area contributed by atoms with Crippen LogP contribution in [0.15, 0.2) is 53.4 Å². The maximum Gasteiger partial charge on any atom is 0.341 e. The van der Waals surface area contributed by atoms with Crippen LogP contribution in [-0.2, 0) is 9.84 Å². The zero-order chi connectivity index (χ0) is 18.0. The molecule has 0 bridgehead atoms. The molecule has 0 spiro atoms. The van der Waals surface area contributed by atoms with Gasteiger partial charge in [0.15, 0.2) is 0 Å². The second-order valence-electron chi connectivity index (χ2n) is 5.90. The summed E-state index contributed by atoms with van der Waals surface area (Å²) in [5, 5.41) is 0. The van der Waals surface area contributed by atoms with Crippen LogP contribution in [0.25, 0.3) is 0 Å². The highest BCUT2D eigenvalue weighted by Gasteiger charge is 2.34. The molecule has 0 amide bonds. The van der Waals surface area contributed by atoms with Crippen LogP contribution >= 0.6 is 0 Å². The zero-order valence-electron chi connectivity index (χ0n) is 13.7.